The number of carbonyl (C=O) groups is 2. The molecule has 6 nitrogen and oxygen atoms in total. The molecule has 2 heterocycles. The first kappa shape index (κ1) is 24.1. The van der Waals surface area contributed by atoms with Crippen LogP contribution in [0.1, 0.15) is 26.8 Å². The second kappa shape index (κ2) is 11.9. The van der Waals surface area contributed by atoms with Crippen molar-refractivity contribution in [3.8, 4) is 0 Å². The predicted molar refractivity (Wildman–Crippen MR) is 130 cm³/mol. The molecular formula is C26H28FN3O3S. The summed E-state index contributed by atoms with van der Waals surface area (Å²) in [6.45, 7) is 3.00. The molecule has 1 saturated heterocycles. The van der Waals surface area contributed by atoms with Crippen LogP contribution in [0.15, 0.2) is 72.1 Å². The van der Waals surface area contributed by atoms with Crippen molar-refractivity contribution in [3.05, 3.63) is 93.9 Å². The fourth-order valence-electron chi connectivity index (χ4n) is 4.05. The van der Waals surface area contributed by atoms with Gasteiger partial charge in [-0.2, -0.15) is 0 Å². The lowest BCUT2D eigenvalue weighted by atomic mass is 10.0. The van der Waals surface area contributed by atoms with Crippen LogP contribution in [0.3, 0.4) is 0 Å². The summed E-state index contributed by atoms with van der Waals surface area (Å²) in [5.74, 6) is -0.823. The maximum atomic E-state index is 13.5. The SMILES string of the molecule is O=C(NC(Cc1ccccc1)C(=O)NCC(c1ccc(F)cc1)N1CCOCC1)c1cccs1. The van der Waals surface area contributed by atoms with Crippen LogP contribution in [0.2, 0.25) is 0 Å². The highest BCUT2D eigenvalue weighted by molar-refractivity contribution is 7.12. The van der Waals surface area contributed by atoms with Crippen LogP contribution >= 0.6 is 11.3 Å². The summed E-state index contributed by atoms with van der Waals surface area (Å²) in [7, 11) is 0. The van der Waals surface area contributed by atoms with Gasteiger partial charge < -0.3 is 15.4 Å². The predicted octanol–water partition coefficient (Wildman–Crippen LogP) is 3.42. The van der Waals surface area contributed by atoms with Crippen LogP contribution in [0.5, 0.6) is 0 Å². The molecular weight excluding hydrogens is 453 g/mol. The van der Waals surface area contributed by atoms with Gasteiger partial charge in [-0.25, -0.2) is 4.39 Å². The van der Waals surface area contributed by atoms with E-state index >= 15 is 0 Å². The molecule has 4 rings (SSSR count). The number of ether oxygens (including phenoxy) is 1. The van der Waals surface area contributed by atoms with E-state index in [1.807, 2.05) is 41.8 Å². The minimum Gasteiger partial charge on any atom is -0.379 e. The second-order valence-corrected chi connectivity index (χ2v) is 9.10. The monoisotopic (exact) mass is 481 g/mol. The van der Waals surface area contributed by atoms with Gasteiger partial charge in [-0.1, -0.05) is 48.5 Å². The Kier molecular flexibility index (Phi) is 8.41. The Bertz CT molecular complexity index is 1050. The van der Waals surface area contributed by atoms with Crippen molar-refractivity contribution in [1.29, 1.82) is 0 Å². The van der Waals surface area contributed by atoms with E-state index in [1.54, 1.807) is 18.2 Å². The molecule has 0 radical (unpaired) electrons. The standard InChI is InChI=1S/C26H28FN3O3S/c27-21-10-8-20(9-11-21)23(30-12-14-33-15-13-30)18-28-25(31)22(17-19-5-2-1-3-6-19)29-26(32)24-7-4-16-34-24/h1-11,16,22-23H,12-15,17-18H2,(H,28,31)(H,29,32). The Labute approximate surface area is 202 Å². The smallest absolute Gasteiger partial charge is 0.262 e. The third kappa shape index (κ3) is 6.50. The van der Waals surface area contributed by atoms with E-state index in [1.165, 1.54) is 23.5 Å². The van der Waals surface area contributed by atoms with Gasteiger partial charge in [-0.05, 0) is 34.7 Å². The molecule has 0 aliphatic carbocycles. The summed E-state index contributed by atoms with van der Waals surface area (Å²) in [5, 5.41) is 7.76. The molecule has 178 valence electrons. The van der Waals surface area contributed by atoms with Crippen LogP contribution in [0, 0.1) is 5.82 Å². The molecule has 0 bridgehead atoms. The van der Waals surface area contributed by atoms with E-state index in [2.05, 4.69) is 15.5 Å². The number of benzene rings is 2. The van der Waals surface area contributed by atoms with Crippen molar-refractivity contribution in [2.45, 2.75) is 18.5 Å². The minimum atomic E-state index is -0.726. The maximum Gasteiger partial charge on any atom is 0.262 e. The average molecular weight is 482 g/mol. The molecule has 3 aromatic rings. The van der Waals surface area contributed by atoms with Gasteiger partial charge in [0, 0.05) is 26.1 Å². The first-order valence-electron chi connectivity index (χ1n) is 11.3. The van der Waals surface area contributed by atoms with Crippen LogP contribution in [0.4, 0.5) is 4.39 Å². The molecule has 2 amide bonds. The number of carbonyl (C=O) groups excluding carboxylic acids is 2. The minimum absolute atomic E-state index is 0.126. The lowest BCUT2D eigenvalue weighted by Gasteiger charge is -2.35. The van der Waals surface area contributed by atoms with Crippen LogP contribution in [-0.2, 0) is 16.0 Å². The van der Waals surface area contributed by atoms with Crippen molar-refractivity contribution in [2.24, 2.45) is 0 Å². The molecule has 1 fully saturated rings. The van der Waals surface area contributed by atoms with Crippen molar-refractivity contribution in [1.82, 2.24) is 15.5 Å². The average Bonchev–Trinajstić information content (AvgIpc) is 3.41. The molecule has 1 aromatic heterocycles. The van der Waals surface area contributed by atoms with E-state index in [0.717, 1.165) is 24.2 Å². The van der Waals surface area contributed by atoms with E-state index in [0.29, 0.717) is 31.1 Å². The first-order valence-corrected chi connectivity index (χ1v) is 12.2. The topological polar surface area (TPSA) is 70.7 Å². The van der Waals surface area contributed by atoms with Crippen LogP contribution < -0.4 is 10.6 Å². The Hall–Kier alpha value is -3.07. The molecule has 0 saturated carbocycles. The zero-order valence-electron chi connectivity index (χ0n) is 18.8. The fraction of sp³-hybridized carbons (Fsp3) is 0.308. The molecule has 8 heteroatoms. The molecule has 2 atom stereocenters. The third-order valence-corrected chi connectivity index (χ3v) is 6.73. The fourth-order valence-corrected chi connectivity index (χ4v) is 4.68. The van der Waals surface area contributed by atoms with Gasteiger partial charge in [0.25, 0.3) is 5.91 Å². The highest BCUT2D eigenvalue weighted by Crippen LogP contribution is 2.22. The van der Waals surface area contributed by atoms with E-state index in [4.69, 9.17) is 4.74 Å². The normalized spacial score (nSPS) is 15.9. The summed E-state index contributed by atoms with van der Waals surface area (Å²) in [6.07, 6.45) is 0.378. The molecule has 0 spiro atoms. The van der Waals surface area contributed by atoms with Crippen molar-refractivity contribution in [2.75, 3.05) is 32.8 Å². The molecule has 1 aliphatic heterocycles. The van der Waals surface area contributed by atoms with Gasteiger partial charge >= 0.3 is 0 Å². The second-order valence-electron chi connectivity index (χ2n) is 8.15. The van der Waals surface area contributed by atoms with Crippen molar-refractivity contribution < 1.29 is 18.7 Å². The number of hydrogen-bond acceptors (Lipinski definition) is 5. The van der Waals surface area contributed by atoms with E-state index < -0.39 is 6.04 Å². The Balaban J connectivity index is 1.48. The molecule has 34 heavy (non-hydrogen) atoms. The molecule has 1 aliphatic rings. The molecule has 2 aromatic carbocycles. The zero-order chi connectivity index (χ0) is 23.8. The lowest BCUT2D eigenvalue weighted by molar-refractivity contribution is -0.123. The van der Waals surface area contributed by atoms with Gasteiger partial charge in [-0.15, -0.1) is 11.3 Å². The van der Waals surface area contributed by atoms with Crippen LogP contribution in [0.25, 0.3) is 0 Å². The number of hydrogen-bond donors (Lipinski definition) is 2. The van der Waals surface area contributed by atoms with Crippen molar-refractivity contribution >= 4 is 23.2 Å². The van der Waals surface area contributed by atoms with Gasteiger partial charge in [-0.3, -0.25) is 14.5 Å². The number of halogens is 1. The Morgan fingerprint density at radius 3 is 2.41 bits per heavy atom. The lowest BCUT2D eigenvalue weighted by Crippen LogP contribution is -2.50. The molecule has 2 N–H and O–H groups in total. The Morgan fingerprint density at radius 2 is 1.74 bits per heavy atom. The molecule has 2 unspecified atom stereocenters. The first-order chi connectivity index (χ1) is 16.6. The summed E-state index contributed by atoms with van der Waals surface area (Å²) in [6, 6.07) is 18.7. The van der Waals surface area contributed by atoms with Gasteiger partial charge in [0.05, 0.1) is 24.1 Å². The Morgan fingerprint density at radius 1 is 1.00 bits per heavy atom. The maximum absolute atomic E-state index is 13.5. The van der Waals surface area contributed by atoms with Crippen LogP contribution in [-0.4, -0.2) is 55.6 Å². The number of rotatable bonds is 9. The number of thiophene rings is 1. The summed E-state index contributed by atoms with van der Waals surface area (Å²) in [4.78, 5) is 28.8. The zero-order valence-corrected chi connectivity index (χ0v) is 19.6. The number of nitrogens with zero attached hydrogens (tertiary/aromatic N) is 1. The number of nitrogens with one attached hydrogen (secondary N) is 2. The number of morpholine rings is 1. The number of amides is 2. The highest BCUT2D eigenvalue weighted by Gasteiger charge is 2.26. The summed E-state index contributed by atoms with van der Waals surface area (Å²) >= 11 is 1.33. The highest BCUT2D eigenvalue weighted by atomic mass is 32.1. The van der Waals surface area contributed by atoms with Gasteiger partial charge in [0.15, 0.2) is 0 Å². The quantitative estimate of drug-likeness (QED) is 0.491. The van der Waals surface area contributed by atoms with E-state index in [9.17, 15) is 14.0 Å². The summed E-state index contributed by atoms with van der Waals surface area (Å²) in [5.41, 5.74) is 1.88. The van der Waals surface area contributed by atoms with Gasteiger partial charge in [0.1, 0.15) is 11.9 Å². The third-order valence-electron chi connectivity index (χ3n) is 5.86. The van der Waals surface area contributed by atoms with Crippen molar-refractivity contribution in [3.63, 3.8) is 0 Å². The van der Waals surface area contributed by atoms with E-state index in [-0.39, 0.29) is 23.7 Å². The van der Waals surface area contributed by atoms with Gasteiger partial charge in [0.2, 0.25) is 5.91 Å². The largest absolute Gasteiger partial charge is 0.379 e. The summed E-state index contributed by atoms with van der Waals surface area (Å²) < 4.78 is 19.0.